The first-order valence-electron chi connectivity index (χ1n) is 9.88. The van der Waals surface area contributed by atoms with E-state index in [4.69, 9.17) is 23.9 Å². The Kier molecular flexibility index (Phi) is 6.15. The monoisotopic (exact) mass is 443 g/mol. The first-order valence-corrected chi connectivity index (χ1v) is 10.7. The predicted octanol–water partition coefficient (Wildman–Crippen LogP) is 3.05. The van der Waals surface area contributed by atoms with Crippen molar-refractivity contribution in [2.75, 3.05) is 52.9 Å². The number of benzene rings is 2. The summed E-state index contributed by atoms with van der Waals surface area (Å²) in [7, 11) is 7.13. The molecule has 1 aromatic heterocycles. The number of rotatable bonds is 7. The van der Waals surface area contributed by atoms with E-state index < -0.39 is 6.10 Å². The van der Waals surface area contributed by atoms with Gasteiger partial charge in [0, 0.05) is 13.1 Å². The Morgan fingerprint density at radius 2 is 1.81 bits per heavy atom. The molecule has 0 aliphatic carbocycles. The average molecular weight is 444 g/mol. The van der Waals surface area contributed by atoms with E-state index in [1.165, 1.54) is 11.3 Å². The zero-order valence-electron chi connectivity index (χ0n) is 18.0. The van der Waals surface area contributed by atoms with Gasteiger partial charge in [-0.1, -0.05) is 23.5 Å². The molecule has 1 atom stereocenters. The smallest absolute Gasteiger partial charge is 0.273 e. The molecule has 0 spiro atoms. The highest BCUT2D eigenvalue weighted by Crippen LogP contribution is 2.40. The highest BCUT2D eigenvalue weighted by Gasteiger charge is 2.33. The molecule has 1 amide bonds. The first-order chi connectivity index (χ1) is 15.0. The van der Waals surface area contributed by atoms with E-state index in [0.29, 0.717) is 46.7 Å². The molecule has 0 radical (unpaired) electrons. The molecule has 0 saturated heterocycles. The van der Waals surface area contributed by atoms with E-state index >= 15 is 0 Å². The second-order valence-corrected chi connectivity index (χ2v) is 8.28. The van der Waals surface area contributed by atoms with Crippen LogP contribution >= 0.6 is 11.3 Å². The summed E-state index contributed by atoms with van der Waals surface area (Å²) >= 11 is 1.39. The molecule has 8 nitrogen and oxygen atoms in total. The number of anilines is 1. The van der Waals surface area contributed by atoms with E-state index in [1.807, 2.05) is 49.3 Å². The number of thiazole rings is 1. The van der Waals surface area contributed by atoms with E-state index in [1.54, 1.807) is 25.2 Å². The number of hydrogen-bond acceptors (Lipinski definition) is 8. The molecule has 0 saturated carbocycles. The van der Waals surface area contributed by atoms with Gasteiger partial charge in [-0.05, 0) is 38.4 Å². The molecular formula is C22H25N3O5S. The summed E-state index contributed by atoms with van der Waals surface area (Å²) in [5.41, 5.74) is 0.663. The van der Waals surface area contributed by atoms with Crippen LogP contribution in [0.5, 0.6) is 23.0 Å². The largest absolute Gasteiger partial charge is 0.495 e. The number of likely N-dealkylation sites (N-methyl/N-ethyl adjacent to an activating group) is 1. The molecule has 2 heterocycles. The normalized spacial score (nSPS) is 15.2. The van der Waals surface area contributed by atoms with Crippen LogP contribution in [-0.2, 0) is 4.79 Å². The van der Waals surface area contributed by atoms with Crippen LogP contribution in [0.2, 0.25) is 0 Å². The minimum absolute atomic E-state index is 0.145. The highest BCUT2D eigenvalue weighted by atomic mass is 32.1. The number of amides is 1. The Labute approximate surface area is 184 Å². The van der Waals surface area contributed by atoms with Crippen LogP contribution in [0.3, 0.4) is 0 Å². The highest BCUT2D eigenvalue weighted by molar-refractivity contribution is 7.22. The van der Waals surface area contributed by atoms with Gasteiger partial charge in [-0.2, -0.15) is 0 Å². The summed E-state index contributed by atoms with van der Waals surface area (Å²) in [6, 6.07) is 11.0. The van der Waals surface area contributed by atoms with Gasteiger partial charge in [-0.15, -0.1) is 0 Å². The van der Waals surface area contributed by atoms with Crippen molar-refractivity contribution in [3.63, 3.8) is 0 Å². The molecule has 3 aromatic rings. The molecule has 0 N–H and O–H groups in total. The Morgan fingerprint density at radius 3 is 2.52 bits per heavy atom. The van der Waals surface area contributed by atoms with Crippen molar-refractivity contribution in [2.24, 2.45) is 0 Å². The van der Waals surface area contributed by atoms with Crippen molar-refractivity contribution in [3.8, 4) is 23.0 Å². The number of ether oxygens (including phenoxy) is 4. The zero-order chi connectivity index (χ0) is 22.0. The number of carbonyl (C=O) groups is 1. The molecule has 0 fully saturated rings. The second kappa shape index (κ2) is 8.99. The lowest BCUT2D eigenvalue weighted by atomic mass is 10.2. The molecule has 1 aliphatic rings. The fourth-order valence-corrected chi connectivity index (χ4v) is 4.41. The second-order valence-electron chi connectivity index (χ2n) is 7.30. The van der Waals surface area contributed by atoms with Crippen molar-refractivity contribution in [3.05, 3.63) is 36.4 Å². The van der Waals surface area contributed by atoms with E-state index in [0.717, 1.165) is 4.70 Å². The van der Waals surface area contributed by atoms with Gasteiger partial charge in [0.25, 0.3) is 5.91 Å². The number of aromatic nitrogens is 1. The minimum atomic E-state index is -0.757. The lowest BCUT2D eigenvalue weighted by Gasteiger charge is -2.30. The number of fused-ring (bicyclic) bond motifs is 2. The van der Waals surface area contributed by atoms with Crippen LogP contribution in [0.1, 0.15) is 0 Å². The molecule has 2 aromatic carbocycles. The van der Waals surface area contributed by atoms with E-state index in [2.05, 4.69) is 0 Å². The van der Waals surface area contributed by atoms with Crippen molar-refractivity contribution >= 4 is 32.6 Å². The van der Waals surface area contributed by atoms with Gasteiger partial charge in [0.2, 0.25) is 6.10 Å². The predicted molar refractivity (Wildman–Crippen MR) is 120 cm³/mol. The SMILES string of the molecule is COc1ccc(OC)c2sc(N(CCN(C)C)C(=O)C3COc4ccccc4O3)nc12. The molecule has 9 heteroatoms. The van der Waals surface area contributed by atoms with Gasteiger partial charge in [-0.3, -0.25) is 9.69 Å². The van der Waals surface area contributed by atoms with Crippen molar-refractivity contribution < 1.29 is 23.7 Å². The summed E-state index contributed by atoms with van der Waals surface area (Å²) in [5, 5.41) is 0.562. The number of hydrogen-bond donors (Lipinski definition) is 0. The van der Waals surface area contributed by atoms with E-state index in [9.17, 15) is 4.79 Å². The average Bonchev–Trinajstić information content (AvgIpc) is 3.23. The third-order valence-electron chi connectivity index (χ3n) is 4.95. The summed E-state index contributed by atoms with van der Waals surface area (Å²) in [4.78, 5) is 21.9. The van der Waals surface area contributed by atoms with Gasteiger partial charge < -0.3 is 23.8 Å². The number of nitrogens with zero attached hydrogens (tertiary/aromatic N) is 3. The topological polar surface area (TPSA) is 73.4 Å². The van der Waals surface area contributed by atoms with Crippen LogP contribution in [0.4, 0.5) is 5.13 Å². The summed E-state index contributed by atoms with van der Waals surface area (Å²) in [6.45, 7) is 1.27. The van der Waals surface area contributed by atoms with Crippen LogP contribution in [0.25, 0.3) is 10.2 Å². The van der Waals surface area contributed by atoms with Gasteiger partial charge in [0.15, 0.2) is 16.6 Å². The van der Waals surface area contributed by atoms with E-state index in [-0.39, 0.29) is 12.5 Å². The Hall–Kier alpha value is -3.04. The maximum Gasteiger partial charge on any atom is 0.273 e. The van der Waals surface area contributed by atoms with Crippen molar-refractivity contribution in [1.82, 2.24) is 9.88 Å². The third kappa shape index (κ3) is 4.24. The Bertz CT molecular complexity index is 1040. The maximum atomic E-state index is 13.5. The molecule has 1 aliphatic heterocycles. The fourth-order valence-electron chi connectivity index (χ4n) is 3.30. The zero-order valence-corrected chi connectivity index (χ0v) is 18.8. The number of carbonyl (C=O) groups excluding carboxylic acids is 1. The van der Waals surface area contributed by atoms with Crippen LogP contribution in [0.15, 0.2) is 36.4 Å². The number of para-hydroxylation sites is 2. The molecule has 31 heavy (non-hydrogen) atoms. The standard InChI is InChI=1S/C22H25N3O5S/c1-24(2)11-12-25(21(26)18-13-29-14-7-5-6-8-15(14)30-18)22-23-19-16(27-3)9-10-17(28-4)20(19)31-22/h5-10,18H,11-13H2,1-4H3. The first kappa shape index (κ1) is 21.2. The Balaban J connectivity index is 1.69. The van der Waals surface area contributed by atoms with Gasteiger partial charge in [0.1, 0.15) is 28.3 Å². The third-order valence-corrected chi connectivity index (χ3v) is 6.04. The maximum absolute atomic E-state index is 13.5. The molecular weight excluding hydrogens is 418 g/mol. The summed E-state index contributed by atoms with van der Waals surface area (Å²) < 4.78 is 23.5. The molecule has 1 unspecified atom stereocenters. The summed E-state index contributed by atoms with van der Waals surface area (Å²) in [6.07, 6.45) is -0.757. The molecule has 0 bridgehead atoms. The van der Waals surface area contributed by atoms with Crippen LogP contribution < -0.4 is 23.8 Å². The van der Waals surface area contributed by atoms with Crippen molar-refractivity contribution in [2.45, 2.75) is 6.10 Å². The number of methoxy groups -OCH3 is 2. The molecule has 164 valence electrons. The van der Waals surface area contributed by atoms with Crippen LogP contribution in [-0.4, -0.2) is 69.9 Å². The van der Waals surface area contributed by atoms with Crippen molar-refractivity contribution in [1.29, 1.82) is 0 Å². The van der Waals surface area contributed by atoms with Gasteiger partial charge in [-0.25, -0.2) is 4.98 Å². The lowest BCUT2D eigenvalue weighted by molar-refractivity contribution is -0.127. The fraction of sp³-hybridized carbons (Fsp3) is 0.364. The summed E-state index contributed by atoms with van der Waals surface area (Å²) in [5.74, 6) is 2.32. The minimum Gasteiger partial charge on any atom is -0.495 e. The van der Waals surface area contributed by atoms with Crippen LogP contribution in [0, 0.1) is 0 Å². The quantitative estimate of drug-likeness (QED) is 0.556. The van der Waals surface area contributed by atoms with Gasteiger partial charge >= 0.3 is 0 Å². The van der Waals surface area contributed by atoms with Gasteiger partial charge in [0.05, 0.1) is 14.2 Å². The molecule has 4 rings (SSSR count). The Morgan fingerprint density at radius 1 is 1.10 bits per heavy atom. The lowest BCUT2D eigenvalue weighted by Crippen LogP contribution is -2.48.